The number of aryl methyl sites for hydroxylation is 2. The number of ketones is 1. The van der Waals surface area contributed by atoms with E-state index in [1.165, 1.54) is 12.1 Å². The van der Waals surface area contributed by atoms with Gasteiger partial charge in [0.25, 0.3) is 5.89 Å². The second-order valence-electron chi connectivity index (χ2n) is 7.55. The smallest absolute Gasteiger partial charge is 0.355 e. The third-order valence-electron chi connectivity index (χ3n) is 5.28. The van der Waals surface area contributed by atoms with E-state index in [0.717, 1.165) is 0 Å². The lowest BCUT2D eigenvalue weighted by atomic mass is 9.96. The van der Waals surface area contributed by atoms with E-state index < -0.39 is 12.6 Å². The van der Waals surface area contributed by atoms with E-state index >= 15 is 0 Å². The molecule has 1 aromatic carbocycles. The van der Waals surface area contributed by atoms with Crippen LogP contribution in [0.5, 0.6) is 0 Å². The number of pyridine rings is 1. The SMILES string of the molecule is CC.Cc1noc(-c2c(N3CCC(=O)CC3)nc3c(C#N)cc(CC(F)(F)F)cc3c2C)n1. The minimum absolute atomic E-state index is 0.0228. The second kappa shape index (κ2) is 9.57. The highest BCUT2D eigenvalue weighted by atomic mass is 19.4. The van der Waals surface area contributed by atoms with Gasteiger partial charge in [0.05, 0.1) is 23.1 Å². The highest BCUT2D eigenvalue weighted by molar-refractivity contribution is 5.96. The van der Waals surface area contributed by atoms with Crippen molar-refractivity contribution in [3.05, 3.63) is 34.6 Å². The number of carbonyl (C=O) groups excluding carboxylic acids is 1. The molecule has 4 rings (SSSR count). The molecule has 3 heterocycles. The maximum atomic E-state index is 13.0. The molecule has 0 amide bonds. The first-order valence-corrected chi connectivity index (χ1v) is 10.7. The average molecular weight is 459 g/mol. The number of hydrogen-bond donors (Lipinski definition) is 0. The van der Waals surface area contributed by atoms with Gasteiger partial charge in [-0.25, -0.2) is 4.98 Å². The molecule has 0 saturated carbocycles. The third-order valence-corrected chi connectivity index (χ3v) is 5.28. The van der Waals surface area contributed by atoms with E-state index in [1.807, 2.05) is 24.8 Å². The first-order chi connectivity index (χ1) is 15.7. The lowest BCUT2D eigenvalue weighted by Gasteiger charge is -2.29. The van der Waals surface area contributed by atoms with Crippen LogP contribution in [-0.2, 0) is 11.2 Å². The Labute approximate surface area is 189 Å². The molecule has 1 saturated heterocycles. The number of anilines is 1. The number of Topliss-reactive ketones (excluding diaryl/α,β-unsaturated/α-hetero) is 1. The van der Waals surface area contributed by atoms with Gasteiger partial charge in [0, 0.05) is 31.3 Å². The summed E-state index contributed by atoms with van der Waals surface area (Å²) in [5, 5.41) is 13.8. The van der Waals surface area contributed by atoms with Crippen molar-refractivity contribution in [1.29, 1.82) is 5.26 Å². The molecule has 2 aromatic heterocycles. The summed E-state index contributed by atoms with van der Waals surface area (Å²) < 4.78 is 44.4. The average Bonchev–Trinajstić information content (AvgIpc) is 3.20. The Hall–Kier alpha value is -3.48. The standard InChI is InChI=1S/C21H18F3N5O2.C2H6/c1-11-16-8-13(9-21(22,23)24)7-14(10-25)18(16)27-19(29-5-3-15(30)4-6-29)17(11)20-26-12(2)28-31-20;1-2/h7-8H,3-6,9H2,1-2H3;1-2H3. The highest BCUT2D eigenvalue weighted by Gasteiger charge is 2.30. The summed E-state index contributed by atoms with van der Waals surface area (Å²) in [4.78, 5) is 22.6. The largest absolute Gasteiger partial charge is 0.393 e. The van der Waals surface area contributed by atoms with Crippen LogP contribution >= 0.6 is 0 Å². The minimum Gasteiger partial charge on any atom is -0.355 e. The van der Waals surface area contributed by atoms with Gasteiger partial charge in [0.1, 0.15) is 17.7 Å². The van der Waals surface area contributed by atoms with Crippen LogP contribution in [0.1, 0.15) is 49.2 Å². The number of aromatic nitrogens is 3. The molecule has 0 N–H and O–H groups in total. The molecule has 1 aliphatic heterocycles. The predicted octanol–water partition coefficient (Wildman–Crippen LogP) is 5.07. The Morgan fingerprint density at radius 1 is 1.15 bits per heavy atom. The number of hydrogen-bond acceptors (Lipinski definition) is 7. The molecule has 1 aliphatic rings. The number of fused-ring (bicyclic) bond motifs is 1. The lowest BCUT2D eigenvalue weighted by molar-refractivity contribution is -0.127. The summed E-state index contributed by atoms with van der Waals surface area (Å²) in [6.07, 6.45) is -4.84. The van der Waals surface area contributed by atoms with Gasteiger partial charge in [-0.15, -0.1) is 0 Å². The zero-order valence-corrected chi connectivity index (χ0v) is 18.9. The van der Waals surface area contributed by atoms with E-state index in [1.54, 1.807) is 13.8 Å². The Morgan fingerprint density at radius 3 is 2.36 bits per heavy atom. The van der Waals surface area contributed by atoms with Gasteiger partial charge >= 0.3 is 6.18 Å². The number of piperidine rings is 1. The first kappa shape index (κ1) is 24.2. The van der Waals surface area contributed by atoms with E-state index in [-0.39, 0.29) is 22.8 Å². The van der Waals surface area contributed by atoms with Crippen LogP contribution in [0.4, 0.5) is 19.0 Å². The number of halogens is 3. The van der Waals surface area contributed by atoms with Crippen LogP contribution in [-0.4, -0.2) is 40.2 Å². The van der Waals surface area contributed by atoms with Crippen molar-refractivity contribution in [2.24, 2.45) is 0 Å². The minimum atomic E-state index is -4.41. The monoisotopic (exact) mass is 459 g/mol. The Bertz CT molecular complexity index is 1220. The fraction of sp³-hybridized carbons (Fsp3) is 0.435. The summed E-state index contributed by atoms with van der Waals surface area (Å²) >= 11 is 0. The molecular weight excluding hydrogens is 435 g/mol. The van der Waals surface area contributed by atoms with Crippen LogP contribution in [0.3, 0.4) is 0 Å². The van der Waals surface area contributed by atoms with E-state index in [9.17, 15) is 23.2 Å². The summed E-state index contributed by atoms with van der Waals surface area (Å²) in [7, 11) is 0. The van der Waals surface area contributed by atoms with Crippen molar-refractivity contribution < 1.29 is 22.5 Å². The van der Waals surface area contributed by atoms with E-state index in [2.05, 4.69) is 15.1 Å². The first-order valence-electron chi connectivity index (χ1n) is 10.7. The molecule has 10 heteroatoms. The van der Waals surface area contributed by atoms with Crippen LogP contribution in [0, 0.1) is 25.2 Å². The van der Waals surface area contributed by atoms with Gasteiger partial charge < -0.3 is 9.42 Å². The fourth-order valence-corrected chi connectivity index (χ4v) is 3.83. The predicted molar refractivity (Wildman–Crippen MR) is 117 cm³/mol. The van der Waals surface area contributed by atoms with E-state index in [0.29, 0.717) is 59.6 Å². The van der Waals surface area contributed by atoms with Gasteiger partial charge in [0.15, 0.2) is 5.82 Å². The highest BCUT2D eigenvalue weighted by Crippen LogP contribution is 2.38. The number of nitrogens with zero attached hydrogens (tertiary/aromatic N) is 5. The topological polar surface area (TPSA) is 95.9 Å². The van der Waals surface area contributed by atoms with Crippen LogP contribution in [0.15, 0.2) is 16.7 Å². The summed E-state index contributed by atoms with van der Waals surface area (Å²) in [6, 6.07) is 4.60. The van der Waals surface area contributed by atoms with Crippen LogP contribution in [0.2, 0.25) is 0 Å². The normalized spacial score (nSPS) is 14.1. The van der Waals surface area contributed by atoms with Crippen molar-refractivity contribution in [3.8, 4) is 17.5 Å². The lowest BCUT2D eigenvalue weighted by Crippen LogP contribution is -2.34. The van der Waals surface area contributed by atoms with Crippen LogP contribution in [0.25, 0.3) is 22.4 Å². The van der Waals surface area contributed by atoms with Crippen molar-refractivity contribution in [2.75, 3.05) is 18.0 Å². The molecule has 7 nitrogen and oxygen atoms in total. The van der Waals surface area contributed by atoms with Crippen molar-refractivity contribution >= 4 is 22.5 Å². The molecule has 0 bridgehead atoms. The van der Waals surface area contributed by atoms with Gasteiger partial charge in [0.2, 0.25) is 0 Å². The van der Waals surface area contributed by atoms with Crippen LogP contribution < -0.4 is 4.90 Å². The molecule has 0 spiro atoms. The van der Waals surface area contributed by atoms with Crippen molar-refractivity contribution in [2.45, 2.75) is 53.1 Å². The van der Waals surface area contributed by atoms with Gasteiger partial charge in [-0.1, -0.05) is 19.0 Å². The van der Waals surface area contributed by atoms with E-state index in [4.69, 9.17) is 4.52 Å². The second-order valence-corrected chi connectivity index (χ2v) is 7.55. The number of nitriles is 1. The van der Waals surface area contributed by atoms with Gasteiger partial charge in [-0.3, -0.25) is 4.79 Å². The zero-order chi connectivity index (χ0) is 24.3. The maximum absolute atomic E-state index is 13.0. The molecule has 0 atom stereocenters. The Kier molecular flexibility index (Phi) is 7.01. The van der Waals surface area contributed by atoms with Gasteiger partial charge in [-0.05, 0) is 37.1 Å². The molecule has 0 aliphatic carbocycles. The molecule has 0 unspecified atom stereocenters. The number of benzene rings is 1. The third kappa shape index (κ3) is 5.13. The number of carbonyl (C=O) groups is 1. The Balaban J connectivity index is 0.00000149. The summed E-state index contributed by atoms with van der Waals surface area (Å²) in [6.45, 7) is 8.26. The number of alkyl halides is 3. The molecule has 0 radical (unpaired) electrons. The maximum Gasteiger partial charge on any atom is 0.393 e. The molecule has 3 aromatic rings. The van der Waals surface area contributed by atoms with Crippen molar-refractivity contribution in [1.82, 2.24) is 15.1 Å². The van der Waals surface area contributed by atoms with Crippen molar-refractivity contribution in [3.63, 3.8) is 0 Å². The molecule has 33 heavy (non-hydrogen) atoms. The summed E-state index contributed by atoms with van der Waals surface area (Å²) in [5.41, 5.74) is 1.42. The van der Waals surface area contributed by atoms with Gasteiger partial charge in [-0.2, -0.15) is 23.4 Å². The quantitative estimate of drug-likeness (QED) is 0.539. The molecular formula is C23H24F3N5O2. The fourth-order valence-electron chi connectivity index (χ4n) is 3.83. The Morgan fingerprint density at radius 2 is 1.82 bits per heavy atom. The number of rotatable bonds is 3. The molecule has 1 fully saturated rings. The molecule has 174 valence electrons. The zero-order valence-electron chi connectivity index (χ0n) is 18.9. The summed E-state index contributed by atoms with van der Waals surface area (Å²) in [5.74, 6) is 1.22.